The van der Waals surface area contributed by atoms with Gasteiger partial charge in [0.2, 0.25) is 5.95 Å². The third-order valence-corrected chi connectivity index (χ3v) is 6.51. The molecule has 1 aliphatic rings. The molecule has 5 N–H and O–H groups in total. The topological polar surface area (TPSA) is 104 Å². The maximum atomic E-state index is 15.2. The normalized spacial score (nSPS) is 20.2. The number of nitrogens with zero attached hydrogens (tertiary/aromatic N) is 3. The van der Waals surface area contributed by atoms with Crippen LogP contribution in [0.2, 0.25) is 0 Å². The number of H-pyrrole nitrogens is 1. The molecule has 2 unspecified atom stereocenters. The first-order valence-electron chi connectivity index (χ1n) is 11.5. The van der Waals surface area contributed by atoms with Crippen LogP contribution in [-0.2, 0) is 6.18 Å². The highest BCUT2D eigenvalue weighted by atomic mass is 19.4. The number of nitrogens with one attached hydrogen (secondary N) is 3. The number of hydrogen-bond acceptors (Lipinski definition) is 7. The van der Waals surface area contributed by atoms with Crippen molar-refractivity contribution in [3.8, 4) is 17.0 Å². The summed E-state index contributed by atoms with van der Waals surface area (Å²) in [6.07, 6.45) is 0.812. The first-order valence-corrected chi connectivity index (χ1v) is 11.5. The average Bonchev–Trinajstić information content (AvgIpc) is 3.29. The Labute approximate surface area is 211 Å². The van der Waals surface area contributed by atoms with Gasteiger partial charge in [0.05, 0.1) is 29.6 Å². The summed E-state index contributed by atoms with van der Waals surface area (Å²) in [5, 5.41) is 6.30. The summed E-state index contributed by atoms with van der Waals surface area (Å²) >= 11 is 0. The third-order valence-electron chi connectivity index (χ3n) is 6.51. The molecule has 0 radical (unpaired) electrons. The number of anilines is 1. The van der Waals surface area contributed by atoms with E-state index < -0.39 is 29.1 Å². The first kappa shape index (κ1) is 26.6. The molecule has 0 fully saturated rings. The van der Waals surface area contributed by atoms with E-state index in [2.05, 4.69) is 25.6 Å². The molecule has 0 spiro atoms. The number of benzene rings is 1. The summed E-state index contributed by atoms with van der Waals surface area (Å²) in [5.74, 6) is -0.343. The second-order valence-electron chi connectivity index (χ2n) is 9.11. The van der Waals surface area contributed by atoms with Gasteiger partial charge in [-0.3, -0.25) is 0 Å². The number of methoxy groups -OCH3 is 1. The monoisotopic (exact) mass is 519 g/mol. The molecule has 2 atom stereocenters. The van der Waals surface area contributed by atoms with Gasteiger partial charge in [-0.05, 0) is 52.3 Å². The number of likely N-dealkylation sites (N-methyl/N-ethyl adjacent to an activating group) is 1. The van der Waals surface area contributed by atoms with Crippen LogP contribution in [0.4, 0.5) is 23.5 Å². The van der Waals surface area contributed by atoms with E-state index in [4.69, 9.17) is 10.5 Å². The van der Waals surface area contributed by atoms with Crippen molar-refractivity contribution in [3.05, 3.63) is 59.8 Å². The Morgan fingerprint density at radius 3 is 2.68 bits per heavy atom. The predicted octanol–water partition coefficient (Wildman–Crippen LogP) is 4.05. The number of aromatic amines is 1. The molecule has 1 aromatic carbocycles. The lowest BCUT2D eigenvalue weighted by Gasteiger charge is -2.38. The Morgan fingerprint density at radius 1 is 1.27 bits per heavy atom. The van der Waals surface area contributed by atoms with Crippen molar-refractivity contribution in [3.63, 3.8) is 0 Å². The summed E-state index contributed by atoms with van der Waals surface area (Å²) in [5.41, 5.74) is 4.89. The van der Waals surface area contributed by atoms with Crippen LogP contribution in [0.15, 0.2) is 54.3 Å². The number of para-hydroxylation sites is 1. The zero-order chi connectivity index (χ0) is 27.0. The van der Waals surface area contributed by atoms with E-state index in [0.717, 1.165) is 0 Å². The summed E-state index contributed by atoms with van der Waals surface area (Å²) in [7, 11) is 6.98. The third kappa shape index (κ3) is 5.17. The maximum absolute atomic E-state index is 15.2. The van der Waals surface area contributed by atoms with E-state index in [0.29, 0.717) is 35.8 Å². The van der Waals surface area contributed by atoms with E-state index in [1.54, 1.807) is 25.2 Å². The van der Waals surface area contributed by atoms with Gasteiger partial charge in [0.1, 0.15) is 17.1 Å². The molecule has 0 amide bonds. The van der Waals surface area contributed by atoms with Crippen molar-refractivity contribution in [2.24, 2.45) is 5.73 Å². The fourth-order valence-electron chi connectivity index (χ4n) is 4.39. The number of aromatic nitrogens is 3. The lowest BCUT2D eigenvalue weighted by atomic mass is 9.82. The van der Waals surface area contributed by atoms with Gasteiger partial charge in [0.25, 0.3) is 0 Å². The number of allylic oxidation sites excluding steroid dienone is 1. The Bertz CT molecular complexity index is 1350. The minimum atomic E-state index is -4.72. The van der Waals surface area contributed by atoms with E-state index in [9.17, 15) is 13.2 Å². The van der Waals surface area contributed by atoms with Crippen LogP contribution in [0, 0.1) is 0 Å². The number of ether oxygens (including phenoxy) is 1. The summed E-state index contributed by atoms with van der Waals surface area (Å²) in [4.78, 5) is 12.9. The van der Waals surface area contributed by atoms with Crippen LogP contribution in [0.3, 0.4) is 0 Å². The van der Waals surface area contributed by atoms with Crippen molar-refractivity contribution in [1.82, 2.24) is 25.2 Å². The molecule has 37 heavy (non-hydrogen) atoms. The number of hydrogen-bond donors (Lipinski definition) is 4. The van der Waals surface area contributed by atoms with Crippen molar-refractivity contribution >= 4 is 16.9 Å². The maximum Gasteiger partial charge on any atom is 0.419 e. The molecule has 4 rings (SSSR count). The lowest BCUT2D eigenvalue weighted by Crippen LogP contribution is -2.57. The zero-order valence-electron chi connectivity index (χ0n) is 20.9. The summed E-state index contributed by atoms with van der Waals surface area (Å²) in [6, 6.07) is 4.41. The molecular weight excluding hydrogens is 490 g/mol. The predicted molar refractivity (Wildman–Crippen MR) is 135 cm³/mol. The largest absolute Gasteiger partial charge is 0.495 e. The molecule has 1 aliphatic carbocycles. The van der Waals surface area contributed by atoms with Gasteiger partial charge < -0.3 is 31.0 Å². The van der Waals surface area contributed by atoms with Crippen molar-refractivity contribution in [2.75, 3.05) is 40.1 Å². The molecule has 0 aliphatic heterocycles. The van der Waals surface area contributed by atoms with Crippen LogP contribution in [-0.4, -0.2) is 66.2 Å². The zero-order valence-corrected chi connectivity index (χ0v) is 20.9. The Hall–Kier alpha value is -3.48. The number of halogens is 4. The SMILES string of the molecule is CNC1(CCN(C)C)C=C(F)C(Nc2ncc(C(F)(F)F)c(-c3c[nH]c4c(OC)cccc34)n2)=CC1N. The summed E-state index contributed by atoms with van der Waals surface area (Å²) in [6.45, 7) is 0.662. The minimum Gasteiger partial charge on any atom is -0.495 e. The van der Waals surface area contributed by atoms with Crippen LogP contribution in [0.1, 0.15) is 12.0 Å². The van der Waals surface area contributed by atoms with Crippen molar-refractivity contribution < 1.29 is 22.3 Å². The second-order valence-corrected chi connectivity index (χ2v) is 9.11. The Morgan fingerprint density at radius 2 is 2.03 bits per heavy atom. The number of alkyl halides is 3. The van der Waals surface area contributed by atoms with Gasteiger partial charge in [-0.1, -0.05) is 12.1 Å². The molecule has 0 bridgehead atoms. The van der Waals surface area contributed by atoms with Gasteiger partial charge in [0.15, 0.2) is 0 Å². The second kappa shape index (κ2) is 10.1. The van der Waals surface area contributed by atoms with Gasteiger partial charge >= 0.3 is 6.18 Å². The molecule has 0 saturated heterocycles. The number of rotatable bonds is 8. The van der Waals surface area contributed by atoms with Gasteiger partial charge in [-0.15, -0.1) is 0 Å². The van der Waals surface area contributed by atoms with Crippen molar-refractivity contribution in [2.45, 2.75) is 24.2 Å². The van der Waals surface area contributed by atoms with Crippen LogP contribution < -0.4 is 21.1 Å². The smallest absolute Gasteiger partial charge is 0.419 e. The van der Waals surface area contributed by atoms with Crippen LogP contribution in [0.5, 0.6) is 5.75 Å². The molecule has 198 valence electrons. The first-order chi connectivity index (χ1) is 17.5. The lowest BCUT2D eigenvalue weighted by molar-refractivity contribution is -0.137. The van der Waals surface area contributed by atoms with E-state index in [1.165, 1.54) is 25.5 Å². The Kier molecular flexibility index (Phi) is 7.27. The Balaban J connectivity index is 1.72. The molecule has 3 aromatic rings. The van der Waals surface area contributed by atoms with Crippen molar-refractivity contribution in [1.29, 1.82) is 0 Å². The highest BCUT2D eigenvalue weighted by Gasteiger charge is 2.38. The van der Waals surface area contributed by atoms with E-state index >= 15 is 4.39 Å². The van der Waals surface area contributed by atoms with E-state index in [-0.39, 0.29) is 22.9 Å². The van der Waals surface area contributed by atoms with Crippen LogP contribution in [0.25, 0.3) is 22.2 Å². The van der Waals surface area contributed by atoms with Gasteiger partial charge in [0, 0.05) is 29.4 Å². The average molecular weight is 520 g/mol. The number of fused-ring (bicyclic) bond motifs is 1. The van der Waals surface area contributed by atoms with E-state index in [1.807, 2.05) is 19.0 Å². The molecule has 2 heterocycles. The fraction of sp³-hybridized carbons (Fsp3) is 0.360. The molecule has 8 nitrogen and oxygen atoms in total. The molecular formula is C25H29F4N7O. The fourth-order valence-corrected chi connectivity index (χ4v) is 4.39. The standard InChI is InChI=1S/C25H29F4N7O/c1-31-24(8-9-36(2)3)11-17(26)18(10-20(24)30)34-23-33-13-16(25(27,28)29)21(35-23)15-12-32-22-14(15)6-5-7-19(22)37-4/h5-7,10-13,20,31-32H,8-9,30H2,1-4H3,(H,33,34,35). The summed E-state index contributed by atoms with van der Waals surface area (Å²) < 4.78 is 62.2. The highest BCUT2D eigenvalue weighted by molar-refractivity contribution is 5.98. The molecule has 12 heteroatoms. The number of nitrogens with two attached hydrogens (primary N) is 1. The minimum absolute atomic E-state index is 0.0190. The van der Waals surface area contributed by atoms with Crippen LogP contribution >= 0.6 is 0 Å². The molecule has 2 aromatic heterocycles. The highest BCUT2D eigenvalue weighted by Crippen LogP contribution is 2.40. The van der Waals surface area contributed by atoms with Gasteiger partial charge in [-0.2, -0.15) is 13.2 Å². The molecule has 0 saturated carbocycles. The van der Waals surface area contributed by atoms with Gasteiger partial charge in [-0.25, -0.2) is 14.4 Å². The quantitative estimate of drug-likeness (QED) is 0.333.